The quantitative estimate of drug-likeness (QED) is 0.637. The molecule has 1 aromatic carbocycles. The second kappa shape index (κ2) is 9.86. The molecular weight excluding hydrogens is 386 g/mol. The van der Waals surface area contributed by atoms with E-state index < -0.39 is 5.91 Å². The van der Waals surface area contributed by atoms with E-state index in [0.717, 1.165) is 11.4 Å². The van der Waals surface area contributed by atoms with E-state index in [2.05, 4.69) is 51.9 Å². The number of carbonyl (C=O) groups excluding carboxylic acids is 1. The fourth-order valence-corrected chi connectivity index (χ4v) is 3.67. The zero-order valence-electron chi connectivity index (χ0n) is 18.0. The van der Waals surface area contributed by atoms with Gasteiger partial charge in [-0.1, -0.05) is 34.6 Å². The highest BCUT2D eigenvalue weighted by molar-refractivity contribution is 7.09. The number of thiazole rings is 1. The highest BCUT2D eigenvalue weighted by Gasteiger charge is 2.19. The molecule has 0 spiro atoms. The third-order valence-electron chi connectivity index (χ3n) is 4.10. The van der Waals surface area contributed by atoms with Gasteiger partial charge in [0.2, 0.25) is 0 Å². The molecule has 0 saturated carbocycles. The van der Waals surface area contributed by atoms with Crippen LogP contribution in [-0.4, -0.2) is 30.8 Å². The summed E-state index contributed by atoms with van der Waals surface area (Å²) in [4.78, 5) is 19.3. The van der Waals surface area contributed by atoms with Gasteiger partial charge in [-0.05, 0) is 29.5 Å². The zero-order valence-corrected chi connectivity index (χ0v) is 18.8. The largest absolute Gasteiger partial charge is 0.490 e. The van der Waals surface area contributed by atoms with Crippen LogP contribution in [0, 0.1) is 17.2 Å². The van der Waals surface area contributed by atoms with Crippen LogP contribution in [0.25, 0.3) is 0 Å². The maximum absolute atomic E-state index is 13.0. The fourth-order valence-electron chi connectivity index (χ4n) is 2.61. The monoisotopic (exact) mass is 415 g/mol. The summed E-state index contributed by atoms with van der Waals surface area (Å²) in [5, 5.41) is 9.22. The van der Waals surface area contributed by atoms with Gasteiger partial charge < -0.3 is 14.0 Å². The first kappa shape index (κ1) is 22.9. The van der Waals surface area contributed by atoms with Crippen LogP contribution >= 0.6 is 11.3 Å². The van der Waals surface area contributed by atoms with Gasteiger partial charge in [0.1, 0.15) is 12.4 Å². The Bertz CT molecular complexity index is 959. The Morgan fingerprint density at radius 1 is 1.31 bits per heavy atom. The Labute approximate surface area is 176 Å². The molecule has 0 bridgehead atoms. The third-order valence-corrected chi connectivity index (χ3v) is 5.55. The number of ether oxygens (including phenoxy) is 2. The second-order valence-corrected chi connectivity index (χ2v) is 9.26. The number of hydrogen-bond acceptors (Lipinski definition) is 5. The summed E-state index contributed by atoms with van der Waals surface area (Å²) < 4.78 is 12.7. The van der Waals surface area contributed by atoms with Gasteiger partial charge in [0, 0.05) is 24.7 Å². The van der Waals surface area contributed by atoms with Crippen molar-refractivity contribution in [3.05, 3.63) is 45.2 Å². The molecule has 1 heterocycles. The van der Waals surface area contributed by atoms with E-state index in [1.807, 2.05) is 4.57 Å². The molecule has 156 valence electrons. The van der Waals surface area contributed by atoms with Gasteiger partial charge in [-0.15, -0.1) is 11.3 Å². The minimum atomic E-state index is -0.422. The van der Waals surface area contributed by atoms with E-state index in [9.17, 15) is 10.1 Å². The second-order valence-electron chi connectivity index (χ2n) is 8.26. The van der Waals surface area contributed by atoms with Gasteiger partial charge in [0.05, 0.1) is 23.8 Å². The number of benzene rings is 1. The number of rotatable bonds is 7. The summed E-state index contributed by atoms with van der Waals surface area (Å²) >= 11 is 1.52. The molecule has 0 fully saturated rings. The van der Waals surface area contributed by atoms with E-state index in [4.69, 9.17) is 9.47 Å². The minimum absolute atomic E-state index is 0.0324. The van der Waals surface area contributed by atoms with Crippen molar-refractivity contribution in [1.29, 1.82) is 5.26 Å². The lowest BCUT2D eigenvalue weighted by molar-refractivity contribution is 0.0989. The van der Waals surface area contributed by atoms with Crippen molar-refractivity contribution in [1.82, 2.24) is 4.57 Å². The van der Waals surface area contributed by atoms with Gasteiger partial charge in [0.15, 0.2) is 4.80 Å². The molecule has 7 heteroatoms. The maximum Gasteiger partial charge on any atom is 0.283 e. The van der Waals surface area contributed by atoms with E-state index >= 15 is 0 Å². The number of nitrogens with zero attached hydrogens (tertiary/aromatic N) is 3. The van der Waals surface area contributed by atoms with Crippen molar-refractivity contribution < 1.29 is 14.3 Å². The topological polar surface area (TPSA) is 76.6 Å². The Hall–Kier alpha value is -2.43. The van der Waals surface area contributed by atoms with E-state index in [1.54, 1.807) is 19.2 Å². The molecule has 0 aliphatic carbocycles. The molecule has 0 atom stereocenters. The predicted octanol–water partition coefficient (Wildman–Crippen LogP) is 4.14. The van der Waals surface area contributed by atoms with Crippen LogP contribution in [-0.2, 0) is 16.7 Å². The maximum atomic E-state index is 13.0. The van der Waals surface area contributed by atoms with Crippen molar-refractivity contribution >= 4 is 17.2 Å². The van der Waals surface area contributed by atoms with E-state index in [0.29, 0.717) is 35.2 Å². The minimum Gasteiger partial charge on any atom is -0.490 e. The molecule has 0 radical (unpaired) electrons. The first-order chi connectivity index (χ1) is 13.7. The van der Waals surface area contributed by atoms with Crippen molar-refractivity contribution in [3.8, 4) is 11.8 Å². The van der Waals surface area contributed by atoms with Crippen molar-refractivity contribution in [2.24, 2.45) is 10.9 Å². The molecular formula is C22H29N3O3S. The number of aromatic nitrogens is 1. The molecule has 1 amide bonds. The number of carbonyl (C=O) groups is 1. The molecule has 0 saturated heterocycles. The summed E-state index contributed by atoms with van der Waals surface area (Å²) in [5.41, 5.74) is 0.635. The van der Waals surface area contributed by atoms with Gasteiger partial charge in [-0.2, -0.15) is 10.3 Å². The lowest BCUT2D eigenvalue weighted by atomic mass is 9.95. The summed E-state index contributed by atoms with van der Waals surface area (Å²) in [6.07, 6.45) is 2.08. The molecule has 0 N–H and O–H groups in total. The average Bonchev–Trinajstić information content (AvgIpc) is 3.04. The summed E-state index contributed by atoms with van der Waals surface area (Å²) in [6, 6.07) is 6.85. The standard InChI is InChI=1S/C22H29N3O3S/c1-15(2)13-25-14-19(22(3,4)5)29-21(25)24-20(26)17-11-16(12-23)7-8-18(17)28-10-9-27-6/h7-8,11,14-15H,9-10,13H2,1-6H3. The summed E-state index contributed by atoms with van der Waals surface area (Å²) in [5.74, 6) is 0.397. The molecule has 2 aromatic rings. The molecule has 1 aromatic heterocycles. The fraction of sp³-hybridized carbons (Fsp3) is 0.500. The van der Waals surface area contributed by atoms with E-state index in [1.165, 1.54) is 17.4 Å². The van der Waals surface area contributed by atoms with Crippen molar-refractivity contribution in [2.75, 3.05) is 20.3 Å². The normalized spacial score (nSPS) is 12.3. The van der Waals surface area contributed by atoms with Crippen LogP contribution in [0.1, 0.15) is 55.4 Å². The van der Waals surface area contributed by atoms with Gasteiger partial charge in [-0.25, -0.2) is 0 Å². The van der Waals surface area contributed by atoms with Gasteiger partial charge >= 0.3 is 0 Å². The summed E-state index contributed by atoms with van der Waals surface area (Å²) in [7, 11) is 1.58. The van der Waals surface area contributed by atoms with Crippen molar-refractivity contribution in [2.45, 2.75) is 46.6 Å². The van der Waals surface area contributed by atoms with Crippen LogP contribution in [0.2, 0.25) is 0 Å². The molecule has 0 aliphatic rings. The smallest absolute Gasteiger partial charge is 0.283 e. The van der Waals surface area contributed by atoms with Crippen LogP contribution in [0.15, 0.2) is 29.4 Å². The lowest BCUT2D eigenvalue weighted by Gasteiger charge is -2.14. The SMILES string of the molecule is COCCOc1ccc(C#N)cc1C(=O)N=c1sc(C(C)(C)C)cn1CC(C)C. The highest BCUT2D eigenvalue weighted by atomic mass is 32.1. The Kier molecular flexibility index (Phi) is 7.77. The molecule has 29 heavy (non-hydrogen) atoms. The van der Waals surface area contributed by atoms with Gasteiger partial charge in [-0.3, -0.25) is 4.79 Å². The van der Waals surface area contributed by atoms with Crippen LogP contribution < -0.4 is 9.54 Å². The lowest BCUT2D eigenvalue weighted by Crippen LogP contribution is -2.19. The third kappa shape index (κ3) is 6.28. The van der Waals surface area contributed by atoms with Crippen LogP contribution in [0.5, 0.6) is 5.75 Å². The molecule has 2 rings (SSSR count). The van der Waals surface area contributed by atoms with Crippen LogP contribution in [0.4, 0.5) is 0 Å². The number of hydrogen-bond donors (Lipinski definition) is 0. The first-order valence-corrected chi connectivity index (χ1v) is 10.4. The summed E-state index contributed by atoms with van der Waals surface area (Å²) in [6.45, 7) is 12.2. The van der Waals surface area contributed by atoms with Gasteiger partial charge in [0.25, 0.3) is 5.91 Å². The Balaban J connectivity index is 2.50. The highest BCUT2D eigenvalue weighted by Crippen LogP contribution is 2.25. The number of methoxy groups -OCH3 is 1. The number of nitriles is 1. The molecule has 6 nitrogen and oxygen atoms in total. The van der Waals surface area contributed by atoms with E-state index in [-0.39, 0.29) is 11.0 Å². The molecule has 0 aliphatic heterocycles. The Morgan fingerprint density at radius 2 is 2.03 bits per heavy atom. The Morgan fingerprint density at radius 3 is 2.62 bits per heavy atom. The zero-order chi connectivity index (χ0) is 21.6. The average molecular weight is 416 g/mol. The number of amides is 1. The molecule has 0 unspecified atom stereocenters. The predicted molar refractivity (Wildman–Crippen MR) is 114 cm³/mol. The first-order valence-electron chi connectivity index (χ1n) is 9.61. The van der Waals surface area contributed by atoms with Crippen LogP contribution in [0.3, 0.4) is 0 Å². The van der Waals surface area contributed by atoms with Crippen molar-refractivity contribution in [3.63, 3.8) is 0 Å².